The molecule has 0 aliphatic heterocycles. The molecule has 3 rings (SSSR count). The quantitative estimate of drug-likeness (QED) is 0.0935. The molecule has 2 aromatic rings. The lowest BCUT2D eigenvalue weighted by molar-refractivity contribution is 0.109. The summed E-state index contributed by atoms with van der Waals surface area (Å²) in [5.41, 5.74) is 3.92. The van der Waals surface area contributed by atoms with Crippen LogP contribution in [0.4, 0.5) is 0 Å². The minimum absolute atomic E-state index is 0.271. The number of aryl methyl sites for hydroxylation is 2. The van der Waals surface area contributed by atoms with E-state index in [0.717, 1.165) is 11.8 Å². The van der Waals surface area contributed by atoms with Gasteiger partial charge in [0.25, 0.3) is 0 Å². The van der Waals surface area contributed by atoms with Crippen LogP contribution < -0.4 is 0 Å². The van der Waals surface area contributed by atoms with E-state index in [1.807, 2.05) is 0 Å². The van der Waals surface area contributed by atoms with Gasteiger partial charge in [0.2, 0.25) is 0 Å². The summed E-state index contributed by atoms with van der Waals surface area (Å²) < 4.78 is 0. The number of hydrogen-bond acceptors (Lipinski definition) is 2. The summed E-state index contributed by atoms with van der Waals surface area (Å²) in [6.07, 6.45) is 31.6. The second-order valence-corrected chi connectivity index (χ2v) is 18.3. The van der Waals surface area contributed by atoms with E-state index in [-0.39, 0.29) is 5.41 Å². The molecule has 0 aromatic carbocycles. The van der Waals surface area contributed by atoms with Gasteiger partial charge in [0.1, 0.15) is 0 Å². The fourth-order valence-electron chi connectivity index (χ4n) is 7.91. The van der Waals surface area contributed by atoms with Crippen molar-refractivity contribution in [3.05, 3.63) is 33.0 Å². The van der Waals surface area contributed by atoms with Crippen LogP contribution in [0.5, 0.6) is 0 Å². The van der Waals surface area contributed by atoms with Crippen LogP contribution in [0.2, 0.25) is 0 Å². The Hall–Kier alpha value is -0.600. The first-order valence-corrected chi connectivity index (χ1v) is 21.6. The van der Waals surface area contributed by atoms with Crippen LogP contribution >= 0.6 is 22.7 Å². The van der Waals surface area contributed by atoms with E-state index in [1.54, 1.807) is 30.6 Å². The van der Waals surface area contributed by atoms with Crippen LogP contribution in [0.3, 0.4) is 0 Å². The largest absolute Gasteiger partial charge is 0.139 e. The Bertz CT molecular complexity index is 1060. The molecule has 1 aliphatic rings. The third-order valence-corrected chi connectivity index (χ3v) is 14.5. The second-order valence-electron chi connectivity index (χ2n) is 16.2. The molecule has 1 aliphatic carbocycles. The van der Waals surface area contributed by atoms with E-state index >= 15 is 0 Å². The molecule has 0 spiro atoms. The van der Waals surface area contributed by atoms with E-state index in [9.17, 15) is 0 Å². The highest BCUT2D eigenvalue weighted by molar-refractivity contribution is 7.22. The van der Waals surface area contributed by atoms with E-state index in [1.165, 1.54) is 148 Å². The first kappa shape index (κ1) is 38.8. The Morgan fingerprint density at radius 1 is 0.600 bits per heavy atom. The van der Waals surface area contributed by atoms with E-state index in [0.29, 0.717) is 5.41 Å². The van der Waals surface area contributed by atoms with Gasteiger partial charge in [0.15, 0.2) is 0 Å². The lowest BCUT2D eigenvalue weighted by Crippen LogP contribution is -2.38. The van der Waals surface area contributed by atoms with Gasteiger partial charge in [-0.2, -0.15) is 0 Å². The number of rotatable bonds is 25. The SMILES string of the molecule is CCCCCCCCc1cc(C(C)(C)C2CC(CCC)C2)sc1-c1cc(CCCCCCCC)c(C(C)(C)CCCCCC)s1. The van der Waals surface area contributed by atoms with Crippen molar-refractivity contribution in [3.8, 4) is 9.75 Å². The van der Waals surface area contributed by atoms with Crippen LogP contribution in [0.15, 0.2) is 12.1 Å². The van der Waals surface area contributed by atoms with Crippen LogP contribution in [0, 0.1) is 11.8 Å². The third kappa shape index (κ3) is 11.8. The standard InChI is InChI=1S/C43H74S2/c1-9-13-16-19-21-23-27-35-33-39(43(7,8)37-30-34(31-37)26-12-4)45-40(35)38-32-36(28-24-22-20-17-14-10-2)41(44-38)42(5,6)29-25-18-15-11-3/h32-34,37H,9-31H2,1-8H3. The van der Waals surface area contributed by atoms with Crippen molar-refractivity contribution < 1.29 is 0 Å². The summed E-state index contributed by atoms with van der Waals surface area (Å²) in [7, 11) is 0. The van der Waals surface area contributed by atoms with Gasteiger partial charge >= 0.3 is 0 Å². The molecule has 0 radical (unpaired) electrons. The molecule has 0 saturated heterocycles. The highest BCUT2D eigenvalue weighted by Crippen LogP contribution is 2.53. The van der Waals surface area contributed by atoms with Gasteiger partial charge in [-0.1, -0.05) is 158 Å². The van der Waals surface area contributed by atoms with Crippen molar-refractivity contribution in [2.24, 2.45) is 11.8 Å². The van der Waals surface area contributed by atoms with Crippen molar-refractivity contribution in [2.75, 3.05) is 0 Å². The number of hydrogen-bond donors (Lipinski definition) is 0. The molecule has 2 heterocycles. The van der Waals surface area contributed by atoms with Crippen molar-refractivity contribution >= 4 is 22.7 Å². The maximum atomic E-state index is 2.70. The molecule has 2 aromatic heterocycles. The first-order chi connectivity index (χ1) is 21.7. The van der Waals surface area contributed by atoms with Crippen LogP contribution in [0.25, 0.3) is 9.75 Å². The summed E-state index contributed by atoms with van der Waals surface area (Å²) in [5.74, 6) is 1.83. The highest BCUT2D eigenvalue weighted by atomic mass is 32.1. The zero-order valence-corrected chi connectivity index (χ0v) is 33.0. The van der Waals surface area contributed by atoms with Gasteiger partial charge in [0.05, 0.1) is 0 Å². The molecule has 0 atom stereocenters. The van der Waals surface area contributed by atoms with Gasteiger partial charge in [-0.25, -0.2) is 0 Å². The minimum Gasteiger partial charge on any atom is -0.139 e. The molecular formula is C43H74S2. The fourth-order valence-corrected chi connectivity index (χ4v) is 10.8. The van der Waals surface area contributed by atoms with Crippen LogP contribution in [-0.2, 0) is 23.7 Å². The average Bonchev–Trinajstić information content (AvgIpc) is 3.62. The van der Waals surface area contributed by atoms with Gasteiger partial charge in [-0.05, 0) is 85.5 Å². The third-order valence-electron chi connectivity index (χ3n) is 11.3. The monoisotopic (exact) mass is 655 g/mol. The van der Waals surface area contributed by atoms with E-state index in [2.05, 4.69) is 90.2 Å². The van der Waals surface area contributed by atoms with Crippen LogP contribution in [-0.4, -0.2) is 0 Å². The van der Waals surface area contributed by atoms with Crippen LogP contribution in [0.1, 0.15) is 211 Å². The van der Waals surface area contributed by atoms with E-state index < -0.39 is 0 Å². The topological polar surface area (TPSA) is 0 Å². The Kier molecular flexibility index (Phi) is 17.3. The molecule has 258 valence electrons. The normalized spacial score (nSPS) is 17.2. The Balaban J connectivity index is 1.89. The molecule has 1 fully saturated rings. The maximum absolute atomic E-state index is 2.70. The van der Waals surface area contributed by atoms with Gasteiger partial charge in [-0.3, -0.25) is 0 Å². The van der Waals surface area contributed by atoms with Gasteiger partial charge in [-0.15, -0.1) is 22.7 Å². The van der Waals surface area contributed by atoms with Crippen molar-refractivity contribution in [2.45, 2.75) is 214 Å². The fraction of sp³-hybridized carbons (Fsp3) is 0.814. The summed E-state index contributed by atoms with van der Waals surface area (Å²) in [5, 5.41) is 0. The maximum Gasteiger partial charge on any atom is 0.0477 e. The summed E-state index contributed by atoms with van der Waals surface area (Å²) in [4.78, 5) is 6.62. The Morgan fingerprint density at radius 2 is 1.13 bits per heavy atom. The van der Waals surface area contributed by atoms with Gasteiger partial charge in [0, 0.05) is 24.9 Å². The lowest BCUT2D eigenvalue weighted by Gasteiger charge is -2.45. The Labute approximate surface area is 290 Å². The van der Waals surface area contributed by atoms with Gasteiger partial charge < -0.3 is 0 Å². The van der Waals surface area contributed by atoms with Crippen molar-refractivity contribution in [3.63, 3.8) is 0 Å². The average molecular weight is 655 g/mol. The van der Waals surface area contributed by atoms with Crippen molar-refractivity contribution in [1.29, 1.82) is 0 Å². The molecule has 0 nitrogen and oxygen atoms in total. The zero-order chi connectivity index (χ0) is 32.7. The smallest absolute Gasteiger partial charge is 0.0477 e. The molecule has 1 saturated carbocycles. The second kappa shape index (κ2) is 20.0. The predicted molar refractivity (Wildman–Crippen MR) is 208 cm³/mol. The van der Waals surface area contributed by atoms with E-state index in [4.69, 9.17) is 0 Å². The highest BCUT2D eigenvalue weighted by Gasteiger charge is 2.41. The minimum atomic E-state index is 0.271. The first-order valence-electron chi connectivity index (χ1n) is 19.9. The molecule has 0 N–H and O–H groups in total. The number of unbranched alkanes of at least 4 members (excludes halogenated alkanes) is 13. The Morgan fingerprint density at radius 3 is 1.71 bits per heavy atom. The zero-order valence-electron chi connectivity index (χ0n) is 31.4. The number of thiophene rings is 2. The molecule has 0 unspecified atom stereocenters. The lowest BCUT2D eigenvalue weighted by atomic mass is 9.61. The van der Waals surface area contributed by atoms with Crippen molar-refractivity contribution in [1.82, 2.24) is 0 Å². The molecule has 2 heteroatoms. The predicted octanol–water partition coefficient (Wildman–Crippen LogP) is 15.6. The molecule has 0 bridgehead atoms. The summed E-state index contributed by atoms with van der Waals surface area (Å²) >= 11 is 4.38. The molecule has 0 amide bonds. The molecule has 45 heavy (non-hydrogen) atoms. The summed E-state index contributed by atoms with van der Waals surface area (Å²) in [6.45, 7) is 19.6. The molecular weight excluding hydrogens is 581 g/mol. The summed E-state index contributed by atoms with van der Waals surface area (Å²) in [6, 6.07) is 5.38.